The van der Waals surface area contributed by atoms with Crippen molar-refractivity contribution in [3.63, 3.8) is 0 Å². The predicted molar refractivity (Wildman–Crippen MR) is 91.9 cm³/mol. The molecule has 0 amide bonds. The molecule has 3 aromatic rings. The lowest BCUT2D eigenvalue weighted by Crippen LogP contribution is -2.37. The Labute approximate surface area is 141 Å². The minimum absolute atomic E-state index is 0.363. The van der Waals surface area contributed by atoms with Crippen molar-refractivity contribution in [3.05, 3.63) is 56.2 Å². The van der Waals surface area contributed by atoms with Crippen molar-refractivity contribution in [2.45, 2.75) is 10.9 Å². The zero-order chi connectivity index (χ0) is 17.4. The summed E-state index contributed by atoms with van der Waals surface area (Å²) in [5.41, 5.74) is 1.49. The van der Waals surface area contributed by atoms with E-state index in [1.165, 1.54) is 23.4 Å². The van der Waals surface area contributed by atoms with Crippen molar-refractivity contribution in [1.29, 1.82) is 5.26 Å². The molecule has 24 heavy (non-hydrogen) atoms. The lowest BCUT2D eigenvalue weighted by atomic mass is 10.1. The maximum Gasteiger partial charge on any atom is 0.332 e. The summed E-state index contributed by atoms with van der Waals surface area (Å²) in [5, 5.41) is 9.78. The van der Waals surface area contributed by atoms with Crippen LogP contribution in [0.1, 0.15) is 11.1 Å². The number of thioether (sulfide) groups is 1. The van der Waals surface area contributed by atoms with Gasteiger partial charge in [0.1, 0.15) is 0 Å². The number of nitrogens with zero attached hydrogens (tertiary/aromatic N) is 5. The minimum atomic E-state index is -0.406. The lowest BCUT2D eigenvalue weighted by Gasteiger charge is -2.04. The Bertz CT molecular complexity index is 1100. The molecule has 122 valence electrons. The molecule has 2 heterocycles. The smallest absolute Gasteiger partial charge is 0.316 e. The summed E-state index contributed by atoms with van der Waals surface area (Å²) in [6, 6.07) is 9.53. The van der Waals surface area contributed by atoms with Gasteiger partial charge in [-0.25, -0.2) is 9.78 Å². The monoisotopic (exact) mass is 341 g/mol. The number of rotatable bonds is 3. The van der Waals surface area contributed by atoms with E-state index in [-0.39, 0.29) is 5.56 Å². The molecule has 0 aliphatic heterocycles. The second-order valence-corrected chi connectivity index (χ2v) is 6.33. The molecule has 0 bridgehead atoms. The zero-order valence-corrected chi connectivity index (χ0v) is 14.3. The highest BCUT2D eigenvalue weighted by Crippen LogP contribution is 2.25. The number of nitriles is 1. The molecule has 0 aliphatic carbocycles. The van der Waals surface area contributed by atoms with Gasteiger partial charge in [-0.05, 0) is 11.6 Å². The fourth-order valence-electron chi connectivity index (χ4n) is 2.53. The average molecular weight is 341 g/mol. The second kappa shape index (κ2) is 6.02. The second-order valence-electron chi connectivity index (χ2n) is 5.39. The van der Waals surface area contributed by atoms with Gasteiger partial charge in [0.2, 0.25) is 0 Å². The van der Waals surface area contributed by atoms with Crippen molar-refractivity contribution < 1.29 is 0 Å². The first-order valence-electron chi connectivity index (χ1n) is 7.19. The topological polar surface area (TPSA) is 85.6 Å². The first-order valence-corrected chi connectivity index (χ1v) is 8.17. The molecule has 7 nitrogen and oxygen atoms in total. The van der Waals surface area contributed by atoms with E-state index in [9.17, 15) is 9.59 Å². The summed E-state index contributed by atoms with van der Waals surface area (Å²) in [4.78, 5) is 28.8. The SMILES string of the molecule is Cn1c(=O)c2c(nc(SCc3ccccc3C#N)n2C)n(C)c1=O. The molecule has 0 aliphatic rings. The third-order valence-corrected chi connectivity index (χ3v) is 5.01. The van der Waals surface area contributed by atoms with E-state index in [1.807, 2.05) is 18.2 Å². The molecule has 0 N–H and O–H groups in total. The summed E-state index contributed by atoms with van der Waals surface area (Å²) in [5.74, 6) is 0.551. The zero-order valence-electron chi connectivity index (χ0n) is 13.5. The van der Waals surface area contributed by atoms with E-state index in [1.54, 1.807) is 24.7 Å². The van der Waals surface area contributed by atoms with Crippen molar-refractivity contribution in [3.8, 4) is 6.07 Å². The third kappa shape index (κ3) is 2.43. The molecular weight excluding hydrogens is 326 g/mol. The Hall–Kier alpha value is -2.79. The van der Waals surface area contributed by atoms with E-state index < -0.39 is 5.69 Å². The Morgan fingerprint density at radius 2 is 1.83 bits per heavy atom. The highest BCUT2D eigenvalue weighted by Gasteiger charge is 2.17. The first kappa shape index (κ1) is 16.1. The molecule has 0 atom stereocenters. The Balaban J connectivity index is 2.06. The summed E-state index contributed by atoms with van der Waals surface area (Å²) >= 11 is 1.42. The minimum Gasteiger partial charge on any atom is -0.316 e. The largest absolute Gasteiger partial charge is 0.332 e. The van der Waals surface area contributed by atoms with E-state index in [2.05, 4.69) is 11.1 Å². The van der Waals surface area contributed by atoms with E-state index >= 15 is 0 Å². The molecule has 0 fully saturated rings. The molecule has 0 radical (unpaired) electrons. The van der Waals surface area contributed by atoms with Crippen LogP contribution < -0.4 is 11.2 Å². The molecule has 8 heteroatoms. The number of fused-ring (bicyclic) bond motifs is 1. The lowest BCUT2D eigenvalue weighted by molar-refractivity contribution is 0.705. The summed E-state index contributed by atoms with van der Waals surface area (Å²) < 4.78 is 4.13. The van der Waals surface area contributed by atoms with Gasteiger partial charge in [0.05, 0.1) is 11.6 Å². The summed E-state index contributed by atoms with van der Waals surface area (Å²) in [7, 11) is 4.80. The molecule has 0 saturated heterocycles. The number of imidazole rings is 1. The van der Waals surface area contributed by atoms with E-state index in [4.69, 9.17) is 5.26 Å². The van der Waals surface area contributed by atoms with Gasteiger partial charge >= 0.3 is 5.69 Å². The normalized spacial score (nSPS) is 10.9. The van der Waals surface area contributed by atoms with Gasteiger partial charge < -0.3 is 4.57 Å². The van der Waals surface area contributed by atoms with Gasteiger partial charge in [0.15, 0.2) is 16.3 Å². The van der Waals surface area contributed by atoms with Crippen LogP contribution in [0.4, 0.5) is 0 Å². The maximum atomic E-state index is 12.3. The van der Waals surface area contributed by atoms with E-state index in [0.717, 1.165) is 10.1 Å². The van der Waals surface area contributed by atoms with Crippen LogP contribution in [0, 0.1) is 11.3 Å². The Morgan fingerprint density at radius 3 is 2.54 bits per heavy atom. The highest BCUT2D eigenvalue weighted by atomic mass is 32.2. The fourth-order valence-corrected chi connectivity index (χ4v) is 3.50. The van der Waals surface area contributed by atoms with Gasteiger partial charge in [0, 0.05) is 26.9 Å². The Kier molecular flexibility index (Phi) is 4.03. The molecule has 0 saturated carbocycles. The average Bonchev–Trinajstić information content (AvgIpc) is 2.93. The van der Waals surface area contributed by atoms with Crippen LogP contribution >= 0.6 is 11.8 Å². The van der Waals surface area contributed by atoms with Crippen LogP contribution in [0.25, 0.3) is 11.2 Å². The molecule has 2 aromatic heterocycles. The van der Waals surface area contributed by atoms with Crippen molar-refractivity contribution in [2.24, 2.45) is 21.1 Å². The van der Waals surface area contributed by atoms with E-state index in [0.29, 0.717) is 27.6 Å². The van der Waals surface area contributed by atoms with Crippen LogP contribution in [0.3, 0.4) is 0 Å². The number of aromatic nitrogens is 4. The van der Waals surface area contributed by atoms with Crippen LogP contribution in [-0.4, -0.2) is 18.7 Å². The van der Waals surface area contributed by atoms with Crippen molar-refractivity contribution in [1.82, 2.24) is 18.7 Å². The quantitative estimate of drug-likeness (QED) is 0.667. The predicted octanol–water partition coefficient (Wildman–Crippen LogP) is 1.13. The van der Waals surface area contributed by atoms with Gasteiger partial charge in [0.25, 0.3) is 5.56 Å². The molecule has 1 aromatic carbocycles. The maximum absolute atomic E-state index is 12.3. The molecule has 3 rings (SSSR count). The van der Waals surface area contributed by atoms with Gasteiger partial charge in [-0.15, -0.1) is 0 Å². The first-order chi connectivity index (χ1) is 11.5. The van der Waals surface area contributed by atoms with Gasteiger partial charge in [-0.1, -0.05) is 30.0 Å². The number of hydrogen-bond donors (Lipinski definition) is 0. The van der Waals surface area contributed by atoms with Crippen LogP contribution in [0.5, 0.6) is 0 Å². The summed E-state index contributed by atoms with van der Waals surface area (Å²) in [6.07, 6.45) is 0. The van der Waals surface area contributed by atoms with Gasteiger partial charge in [-0.3, -0.25) is 13.9 Å². The van der Waals surface area contributed by atoms with Gasteiger partial charge in [-0.2, -0.15) is 5.26 Å². The molecule has 0 spiro atoms. The fraction of sp³-hybridized carbons (Fsp3) is 0.250. The number of aryl methyl sites for hydroxylation is 2. The molecular formula is C16H15N5O2S. The highest BCUT2D eigenvalue weighted by molar-refractivity contribution is 7.98. The third-order valence-electron chi connectivity index (χ3n) is 3.93. The van der Waals surface area contributed by atoms with Crippen LogP contribution in [0.15, 0.2) is 39.0 Å². The number of hydrogen-bond acceptors (Lipinski definition) is 5. The van der Waals surface area contributed by atoms with Crippen molar-refractivity contribution >= 4 is 22.9 Å². The standard InChI is InChI=1S/C16H15N5O2S/c1-19-12-13(20(2)16(23)21(3)14(12)22)18-15(19)24-9-11-7-5-4-6-10(11)8-17/h4-7H,9H2,1-3H3. The van der Waals surface area contributed by atoms with Crippen molar-refractivity contribution in [2.75, 3.05) is 0 Å². The Morgan fingerprint density at radius 1 is 1.12 bits per heavy atom. The summed E-state index contributed by atoms with van der Waals surface area (Å²) in [6.45, 7) is 0. The van der Waals surface area contributed by atoms with Crippen LogP contribution in [-0.2, 0) is 26.9 Å². The number of benzene rings is 1. The van der Waals surface area contributed by atoms with Crippen LogP contribution in [0.2, 0.25) is 0 Å². The molecule has 0 unspecified atom stereocenters.